The zero-order chi connectivity index (χ0) is 22.7. The second kappa shape index (κ2) is 11.8. The van der Waals surface area contributed by atoms with Crippen LogP contribution in [0.25, 0.3) is 0 Å². The third kappa shape index (κ3) is 9.90. The molecule has 0 saturated carbocycles. The van der Waals surface area contributed by atoms with Crippen LogP contribution in [0, 0.1) is 0 Å². The lowest BCUT2D eigenvalue weighted by atomic mass is 10.2. The molecule has 0 bridgehead atoms. The number of esters is 1. The van der Waals surface area contributed by atoms with Gasteiger partial charge in [0.2, 0.25) is 5.91 Å². The van der Waals surface area contributed by atoms with Crippen LogP contribution in [-0.4, -0.2) is 46.5 Å². The van der Waals surface area contributed by atoms with Crippen molar-refractivity contribution in [1.29, 1.82) is 0 Å². The van der Waals surface area contributed by atoms with E-state index in [2.05, 4.69) is 10.6 Å². The monoisotopic (exact) mass is 450 g/mol. The largest absolute Gasteiger partial charge is 0.459 e. The molecule has 166 valence electrons. The van der Waals surface area contributed by atoms with Gasteiger partial charge in [0.15, 0.2) is 0 Å². The van der Waals surface area contributed by atoms with Crippen molar-refractivity contribution in [3.8, 4) is 0 Å². The minimum atomic E-state index is -4.64. The SMILES string of the molecule is O=C(CNC(=O)OCc1ccccc1)N[C@@H](CP(=O)(O)O)C(=O)OCc1ccccc1. The van der Waals surface area contributed by atoms with Gasteiger partial charge in [-0.25, -0.2) is 9.59 Å². The maximum Gasteiger partial charge on any atom is 0.407 e. The molecule has 0 aromatic heterocycles. The number of hydrogen-bond acceptors (Lipinski definition) is 6. The van der Waals surface area contributed by atoms with Crippen LogP contribution in [0.1, 0.15) is 11.1 Å². The summed E-state index contributed by atoms with van der Waals surface area (Å²) in [5, 5.41) is 4.36. The summed E-state index contributed by atoms with van der Waals surface area (Å²) in [5.41, 5.74) is 1.42. The van der Waals surface area contributed by atoms with E-state index in [0.717, 1.165) is 5.56 Å². The smallest absolute Gasteiger partial charge is 0.407 e. The van der Waals surface area contributed by atoms with E-state index in [0.29, 0.717) is 5.56 Å². The summed E-state index contributed by atoms with van der Waals surface area (Å²) in [5.74, 6) is -1.85. The summed E-state index contributed by atoms with van der Waals surface area (Å²) >= 11 is 0. The second-order valence-corrected chi connectivity index (χ2v) is 8.17. The molecule has 0 saturated heterocycles. The first kappa shape index (κ1) is 24.1. The van der Waals surface area contributed by atoms with Crippen LogP contribution in [0.5, 0.6) is 0 Å². The molecule has 0 fully saturated rings. The molecule has 0 aliphatic carbocycles. The molecule has 2 amide bonds. The van der Waals surface area contributed by atoms with Crippen molar-refractivity contribution in [3.63, 3.8) is 0 Å². The number of rotatable bonds is 10. The van der Waals surface area contributed by atoms with Gasteiger partial charge < -0.3 is 29.9 Å². The van der Waals surface area contributed by atoms with E-state index in [1.807, 2.05) is 6.07 Å². The lowest BCUT2D eigenvalue weighted by molar-refractivity contribution is -0.148. The van der Waals surface area contributed by atoms with E-state index in [9.17, 15) is 28.7 Å². The molecule has 1 atom stereocenters. The van der Waals surface area contributed by atoms with Crippen LogP contribution < -0.4 is 10.6 Å². The van der Waals surface area contributed by atoms with Crippen molar-refractivity contribution < 1.29 is 38.2 Å². The molecule has 0 unspecified atom stereocenters. The second-order valence-electron chi connectivity index (χ2n) is 6.48. The van der Waals surface area contributed by atoms with Crippen molar-refractivity contribution >= 4 is 25.6 Å². The summed E-state index contributed by atoms with van der Waals surface area (Å²) < 4.78 is 21.3. The van der Waals surface area contributed by atoms with Crippen LogP contribution in [0.4, 0.5) is 4.79 Å². The minimum Gasteiger partial charge on any atom is -0.459 e. The Morgan fingerprint density at radius 1 is 0.871 bits per heavy atom. The third-order valence-corrected chi connectivity index (χ3v) is 4.71. The van der Waals surface area contributed by atoms with Gasteiger partial charge in [-0.1, -0.05) is 60.7 Å². The topological polar surface area (TPSA) is 151 Å². The van der Waals surface area contributed by atoms with Crippen molar-refractivity contribution in [2.75, 3.05) is 12.7 Å². The molecule has 0 aliphatic heterocycles. The van der Waals surface area contributed by atoms with Gasteiger partial charge in [-0.2, -0.15) is 0 Å². The predicted octanol–water partition coefficient (Wildman–Crippen LogP) is 1.32. The summed E-state index contributed by atoms with van der Waals surface area (Å²) in [6.45, 7) is -0.685. The van der Waals surface area contributed by atoms with Crippen LogP contribution in [0.15, 0.2) is 60.7 Å². The molecule has 2 aromatic rings. The average molecular weight is 450 g/mol. The Kier molecular flexibility index (Phi) is 9.20. The van der Waals surface area contributed by atoms with Gasteiger partial charge in [-0.15, -0.1) is 0 Å². The normalized spacial score (nSPS) is 11.8. The van der Waals surface area contributed by atoms with Crippen molar-refractivity contribution in [1.82, 2.24) is 10.6 Å². The standard InChI is InChI=1S/C20H23N2O8P/c23-18(11-21-20(25)30-13-16-9-5-2-6-10-16)22-17(14-31(26,27)28)19(24)29-12-15-7-3-1-4-8-15/h1-10,17H,11-14H2,(H,21,25)(H,22,23)(H2,26,27,28)/t17-/m0/s1. The highest BCUT2D eigenvalue weighted by atomic mass is 31.2. The van der Waals surface area contributed by atoms with E-state index in [1.165, 1.54) is 0 Å². The van der Waals surface area contributed by atoms with E-state index >= 15 is 0 Å². The summed E-state index contributed by atoms with van der Waals surface area (Å²) in [7, 11) is -4.64. The van der Waals surface area contributed by atoms with Gasteiger partial charge in [-0.3, -0.25) is 9.36 Å². The molecule has 31 heavy (non-hydrogen) atoms. The summed E-state index contributed by atoms with van der Waals surface area (Å²) in [4.78, 5) is 54.4. The number of ether oxygens (including phenoxy) is 2. The summed E-state index contributed by atoms with van der Waals surface area (Å²) in [6.07, 6.45) is -1.80. The predicted molar refractivity (Wildman–Crippen MR) is 110 cm³/mol. The number of carbonyl (C=O) groups excluding carboxylic acids is 3. The Bertz CT molecular complexity index is 917. The number of alkyl carbamates (subject to hydrolysis) is 1. The first-order chi connectivity index (χ1) is 14.7. The molecule has 0 aliphatic rings. The van der Waals surface area contributed by atoms with Crippen molar-refractivity contribution in [2.45, 2.75) is 19.3 Å². The fourth-order valence-electron chi connectivity index (χ4n) is 2.42. The fraction of sp³-hybridized carbons (Fsp3) is 0.250. The molecular formula is C20H23N2O8P. The molecular weight excluding hydrogens is 427 g/mol. The maximum atomic E-state index is 12.2. The van der Waals surface area contributed by atoms with Crippen LogP contribution in [0.3, 0.4) is 0 Å². The first-order valence-corrected chi connectivity index (χ1v) is 11.0. The van der Waals surface area contributed by atoms with Crippen molar-refractivity contribution in [2.24, 2.45) is 0 Å². The van der Waals surface area contributed by atoms with Crippen LogP contribution in [0.2, 0.25) is 0 Å². The van der Waals surface area contributed by atoms with Gasteiger partial charge in [0.25, 0.3) is 0 Å². The molecule has 0 radical (unpaired) electrons. The van der Waals surface area contributed by atoms with Gasteiger partial charge in [0.05, 0.1) is 6.16 Å². The van der Waals surface area contributed by atoms with E-state index in [4.69, 9.17) is 9.47 Å². The lowest BCUT2D eigenvalue weighted by Crippen LogP contribution is -2.48. The van der Waals surface area contributed by atoms with Gasteiger partial charge in [0.1, 0.15) is 25.8 Å². The Balaban J connectivity index is 1.83. The number of hydrogen-bond donors (Lipinski definition) is 4. The highest BCUT2D eigenvalue weighted by molar-refractivity contribution is 7.51. The van der Waals surface area contributed by atoms with Gasteiger partial charge >= 0.3 is 19.7 Å². The van der Waals surface area contributed by atoms with Crippen LogP contribution >= 0.6 is 7.60 Å². The number of benzene rings is 2. The van der Waals surface area contributed by atoms with Crippen LogP contribution in [-0.2, 0) is 36.8 Å². The highest BCUT2D eigenvalue weighted by Crippen LogP contribution is 2.35. The molecule has 10 nitrogen and oxygen atoms in total. The zero-order valence-electron chi connectivity index (χ0n) is 16.5. The molecule has 0 spiro atoms. The van der Waals surface area contributed by atoms with Gasteiger partial charge in [0, 0.05) is 0 Å². The number of carbonyl (C=O) groups is 3. The number of nitrogens with one attached hydrogen (secondary N) is 2. The molecule has 2 rings (SSSR count). The van der Waals surface area contributed by atoms with E-state index in [-0.39, 0.29) is 13.2 Å². The molecule has 11 heteroatoms. The van der Waals surface area contributed by atoms with E-state index < -0.39 is 44.3 Å². The number of amides is 2. The fourth-order valence-corrected chi connectivity index (χ4v) is 3.13. The van der Waals surface area contributed by atoms with Crippen molar-refractivity contribution in [3.05, 3.63) is 71.8 Å². The highest BCUT2D eigenvalue weighted by Gasteiger charge is 2.30. The maximum absolute atomic E-state index is 12.2. The Labute approximate surface area is 178 Å². The Morgan fingerprint density at radius 3 is 1.90 bits per heavy atom. The first-order valence-electron chi connectivity index (χ1n) is 9.22. The summed E-state index contributed by atoms with van der Waals surface area (Å²) in [6, 6.07) is 16.0. The zero-order valence-corrected chi connectivity index (χ0v) is 17.4. The Morgan fingerprint density at radius 2 is 1.39 bits per heavy atom. The van der Waals surface area contributed by atoms with E-state index in [1.54, 1.807) is 54.6 Å². The average Bonchev–Trinajstić information content (AvgIpc) is 2.74. The Hall–Kier alpha value is -3.20. The quantitative estimate of drug-likeness (QED) is 0.313. The molecule has 0 heterocycles. The lowest BCUT2D eigenvalue weighted by Gasteiger charge is -2.18. The van der Waals surface area contributed by atoms with Gasteiger partial charge in [-0.05, 0) is 11.1 Å². The molecule has 4 N–H and O–H groups in total. The third-order valence-electron chi connectivity index (χ3n) is 3.87. The minimum absolute atomic E-state index is 0.000928. The molecule has 2 aromatic carbocycles.